The van der Waals surface area contributed by atoms with E-state index in [0.717, 1.165) is 51.4 Å². The van der Waals surface area contributed by atoms with Gasteiger partial charge in [-0.25, -0.2) is 0 Å². The van der Waals surface area contributed by atoms with Gasteiger partial charge in [0.15, 0.2) is 6.29 Å². The quantitative estimate of drug-likeness (QED) is 0.0263. The highest BCUT2D eigenvalue weighted by atomic mass is 16.7. The van der Waals surface area contributed by atoms with E-state index in [9.17, 15) is 30.3 Å². The summed E-state index contributed by atoms with van der Waals surface area (Å²) in [6, 6.07) is -0.822. The number of allylic oxidation sites excluding steroid dienone is 5. The third kappa shape index (κ3) is 31.3. The minimum absolute atomic E-state index is 0.191. The maximum absolute atomic E-state index is 13.0. The molecule has 7 atom stereocenters. The van der Waals surface area contributed by atoms with Crippen LogP contribution in [0.4, 0.5) is 0 Å². The van der Waals surface area contributed by atoms with E-state index in [-0.39, 0.29) is 12.5 Å². The lowest BCUT2D eigenvalue weighted by molar-refractivity contribution is -0.302. The predicted octanol–water partition coefficient (Wildman–Crippen LogP) is 11.2. The summed E-state index contributed by atoms with van der Waals surface area (Å²) in [6.07, 6.45) is 44.8. The number of carbonyl (C=O) groups excluding carboxylic acids is 1. The van der Waals surface area contributed by atoms with Gasteiger partial charge in [-0.1, -0.05) is 198 Å². The molecule has 0 aromatic rings. The van der Waals surface area contributed by atoms with E-state index in [0.29, 0.717) is 6.42 Å². The highest BCUT2D eigenvalue weighted by Gasteiger charge is 2.44. The molecular weight excluding hydrogens is 755 g/mol. The van der Waals surface area contributed by atoms with E-state index in [1.165, 1.54) is 154 Å². The molecule has 0 aromatic heterocycles. The lowest BCUT2D eigenvalue weighted by atomic mass is 9.99. The van der Waals surface area contributed by atoms with Gasteiger partial charge in [0.05, 0.1) is 25.4 Å². The first-order valence-electron chi connectivity index (χ1n) is 25.2. The van der Waals surface area contributed by atoms with Crippen molar-refractivity contribution in [1.82, 2.24) is 5.32 Å². The molecule has 0 saturated carbocycles. The second-order valence-corrected chi connectivity index (χ2v) is 17.6. The maximum atomic E-state index is 13.0. The topological polar surface area (TPSA) is 149 Å². The number of amides is 1. The van der Waals surface area contributed by atoms with Crippen molar-refractivity contribution in [2.45, 2.75) is 269 Å². The summed E-state index contributed by atoms with van der Waals surface area (Å²) in [5.41, 5.74) is 0. The average molecular weight is 850 g/mol. The van der Waals surface area contributed by atoms with E-state index < -0.39 is 49.5 Å². The Morgan fingerprint density at radius 3 is 1.42 bits per heavy atom. The van der Waals surface area contributed by atoms with Gasteiger partial charge in [0, 0.05) is 6.42 Å². The third-order valence-corrected chi connectivity index (χ3v) is 11.9. The van der Waals surface area contributed by atoms with E-state index in [1.807, 2.05) is 6.08 Å². The molecule has 1 aliphatic rings. The summed E-state index contributed by atoms with van der Waals surface area (Å²) in [6.45, 7) is 3.75. The van der Waals surface area contributed by atoms with Gasteiger partial charge in [-0.15, -0.1) is 0 Å². The number of rotatable bonds is 42. The molecule has 9 heteroatoms. The van der Waals surface area contributed by atoms with Gasteiger partial charge in [-0.05, 0) is 57.8 Å². The zero-order valence-corrected chi connectivity index (χ0v) is 38.7. The number of aliphatic hydroxyl groups is 5. The van der Waals surface area contributed by atoms with Crippen LogP contribution in [0, 0.1) is 0 Å². The van der Waals surface area contributed by atoms with Crippen LogP contribution in [-0.2, 0) is 14.3 Å². The SMILES string of the molecule is CCCCCC/C=C\CCCCCCCCCC(=O)NC(COC1OC(CO)C(O)C(O)C1O)C(O)/C=C/CC/C=C/CCCCCCCCCCCCCCCCCC. The first-order chi connectivity index (χ1) is 29.3. The Morgan fingerprint density at radius 1 is 0.550 bits per heavy atom. The van der Waals surface area contributed by atoms with Crippen molar-refractivity contribution in [3.63, 3.8) is 0 Å². The Labute approximate surface area is 368 Å². The molecule has 60 heavy (non-hydrogen) atoms. The van der Waals surface area contributed by atoms with Crippen LogP contribution in [0.3, 0.4) is 0 Å². The number of aliphatic hydroxyl groups excluding tert-OH is 5. The highest BCUT2D eigenvalue weighted by molar-refractivity contribution is 5.76. The van der Waals surface area contributed by atoms with Crippen molar-refractivity contribution in [3.05, 3.63) is 36.5 Å². The van der Waals surface area contributed by atoms with Gasteiger partial charge in [0.1, 0.15) is 24.4 Å². The van der Waals surface area contributed by atoms with Gasteiger partial charge in [0.25, 0.3) is 0 Å². The van der Waals surface area contributed by atoms with E-state index in [2.05, 4.69) is 43.5 Å². The molecule has 0 aromatic carbocycles. The molecule has 1 heterocycles. The minimum Gasteiger partial charge on any atom is -0.394 e. The summed E-state index contributed by atoms with van der Waals surface area (Å²) in [5, 5.41) is 54.3. The van der Waals surface area contributed by atoms with Crippen molar-refractivity contribution < 1.29 is 39.8 Å². The molecule has 1 aliphatic heterocycles. The summed E-state index contributed by atoms with van der Waals surface area (Å²) in [4.78, 5) is 13.0. The molecule has 0 bridgehead atoms. The van der Waals surface area contributed by atoms with E-state index >= 15 is 0 Å². The lowest BCUT2D eigenvalue weighted by Gasteiger charge is -2.40. The Kier molecular flexibility index (Phi) is 39.0. The highest BCUT2D eigenvalue weighted by Crippen LogP contribution is 2.23. The largest absolute Gasteiger partial charge is 0.394 e. The molecular formula is C51H95NO8. The Bertz CT molecular complexity index is 1030. The fraction of sp³-hybridized carbons (Fsp3) is 0.863. The summed E-state index contributed by atoms with van der Waals surface area (Å²) in [5.74, 6) is -0.191. The second-order valence-electron chi connectivity index (χ2n) is 17.6. The molecule has 1 saturated heterocycles. The number of nitrogens with one attached hydrogen (secondary N) is 1. The van der Waals surface area contributed by atoms with Gasteiger partial charge in [-0.2, -0.15) is 0 Å². The number of unbranched alkanes of at least 4 members (excludes halogenated alkanes) is 28. The summed E-state index contributed by atoms with van der Waals surface area (Å²) < 4.78 is 11.2. The minimum atomic E-state index is -1.57. The number of hydrogen-bond donors (Lipinski definition) is 6. The Balaban J connectivity index is 2.32. The Hall–Kier alpha value is -1.59. The lowest BCUT2D eigenvalue weighted by Crippen LogP contribution is -2.60. The smallest absolute Gasteiger partial charge is 0.220 e. The molecule has 0 spiro atoms. The number of hydrogen-bond acceptors (Lipinski definition) is 8. The van der Waals surface area contributed by atoms with Crippen LogP contribution in [0.2, 0.25) is 0 Å². The van der Waals surface area contributed by atoms with Gasteiger partial charge in [-0.3, -0.25) is 4.79 Å². The fourth-order valence-electron chi connectivity index (χ4n) is 7.87. The van der Waals surface area contributed by atoms with Crippen LogP contribution in [0.1, 0.15) is 226 Å². The van der Waals surface area contributed by atoms with Crippen LogP contribution in [0.25, 0.3) is 0 Å². The van der Waals surface area contributed by atoms with Crippen LogP contribution in [-0.4, -0.2) is 87.5 Å². The zero-order chi connectivity index (χ0) is 43.7. The second kappa shape index (κ2) is 41.4. The molecule has 6 N–H and O–H groups in total. The van der Waals surface area contributed by atoms with E-state index in [1.54, 1.807) is 6.08 Å². The van der Waals surface area contributed by atoms with Crippen molar-refractivity contribution in [2.75, 3.05) is 13.2 Å². The molecule has 1 amide bonds. The summed E-state index contributed by atoms with van der Waals surface area (Å²) in [7, 11) is 0. The van der Waals surface area contributed by atoms with Gasteiger partial charge < -0.3 is 40.3 Å². The maximum Gasteiger partial charge on any atom is 0.220 e. The van der Waals surface area contributed by atoms with Crippen LogP contribution in [0.5, 0.6) is 0 Å². The first-order valence-corrected chi connectivity index (χ1v) is 25.2. The van der Waals surface area contributed by atoms with Crippen molar-refractivity contribution in [2.24, 2.45) is 0 Å². The number of carbonyl (C=O) groups is 1. The normalized spacial score (nSPS) is 20.8. The third-order valence-electron chi connectivity index (χ3n) is 11.9. The van der Waals surface area contributed by atoms with Crippen molar-refractivity contribution in [3.8, 4) is 0 Å². The monoisotopic (exact) mass is 850 g/mol. The Morgan fingerprint density at radius 2 is 0.950 bits per heavy atom. The molecule has 1 rings (SSSR count). The van der Waals surface area contributed by atoms with Crippen LogP contribution in [0.15, 0.2) is 36.5 Å². The molecule has 1 fully saturated rings. The molecule has 9 nitrogen and oxygen atoms in total. The van der Waals surface area contributed by atoms with Crippen LogP contribution < -0.4 is 5.32 Å². The van der Waals surface area contributed by atoms with Crippen molar-refractivity contribution in [1.29, 1.82) is 0 Å². The first kappa shape index (κ1) is 56.4. The average Bonchev–Trinajstić information content (AvgIpc) is 3.25. The predicted molar refractivity (Wildman–Crippen MR) is 249 cm³/mol. The molecule has 352 valence electrons. The van der Waals surface area contributed by atoms with Crippen molar-refractivity contribution >= 4 is 5.91 Å². The molecule has 0 radical (unpaired) electrons. The summed E-state index contributed by atoms with van der Waals surface area (Å²) >= 11 is 0. The van der Waals surface area contributed by atoms with Gasteiger partial charge >= 0.3 is 0 Å². The molecule has 0 aliphatic carbocycles. The zero-order valence-electron chi connectivity index (χ0n) is 38.7. The number of ether oxygens (including phenoxy) is 2. The van der Waals surface area contributed by atoms with Gasteiger partial charge in [0.2, 0.25) is 5.91 Å². The standard InChI is InChI=1S/C51H95NO8/c1-3-5-7-9-11-13-15-17-19-20-21-22-23-24-25-27-28-30-32-34-36-38-40-45(54)44(43-59-51-50(58)49(57)48(56)46(42-53)60-51)52-47(55)41-39-37-35-33-31-29-26-18-16-14-12-10-8-6-4-2/h14,16,30,32,38,40,44-46,48-51,53-54,56-58H,3-13,15,17-29,31,33-37,39,41-43H2,1-2H3,(H,52,55)/b16-14-,32-30+,40-38+. The van der Waals surface area contributed by atoms with E-state index in [4.69, 9.17) is 9.47 Å². The van der Waals surface area contributed by atoms with Crippen LogP contribution >= 0.6 is 0 Å². The molecule has 7 unspecified atom stereocenters. The fourth-order valence-corrected chi connectivity index (χ4v) is 7.87.